The number of hydrogen-bond acceptors (Lipinski definition) is 7. The van der Waals surface area contributed by atoms with Crippen LogP contribution < -0.4 is 17.0 Å². The van der Waals surface area contributed by atoms with Crippen molar-refractivity contribution in [1.29, 1.82) is 0 Å². The zero-order chi connectivity index (χ0) is 24.4. The van der Waals surface area contributed by atoms with Crippen LogP contribution in [0.2, 0.25) is 0 Å². The Kier molecular flexibility index (Phi) is 6.51. The lowest BCUT2D eigenvalue weighted by Crippen LogP contribution is -2.42. The minimum Gasteiger partial charge on any atom is -0.384 e. The highest BCUT2D eigenvalue weighted by Crippen LogP contribution is 2.28. The van der Waals surface area contributed by atoms with Crippen molar-refractivity contribution in [2.24, 2.45) is 14.1 Å². The Labute approximate surface area is 199 Å². The van der Waals surface area contributed by atoms with Crippen LogP contribution in [0, 0.1) is 0 Å². The topological polar surface area (TPSA) is 118 Å². The fraction of sp³-hybridized carbons (Fsp3) is 0.208. The molecule has 10 heteroatoms. The molecule has 4 aromatic rings. The normalized spacial score (nSPS) is 12.0. The molecule has 0 aliphatic heterocycles. The summed E-state index contributed by atoms with van der Waals surface area (Å²) in [6.45, 7) is 1.68. The zero-order valence-corrected chi connectivity index (χ0v) is 19.8. The number of nitrogens with two attached hydrogens (primary N) is 1. The fourth-order valence-corrected chi connectivity index (χ4v) is 4.56. The second kappa shape index (κ2) is 9.52. The summed E-state index contributed by atoms with van der Waals surface area (Å²) in [6.07, 6.45) is 0.555. The molecule has 0 amide bonds. The number of anilines is 1. The van der Waals surface area contributed by atoms with E-state index in [0.29, 0.717) is 11.6 Å². The number of ketones is 1. The van der Waals surface area contributed by atoms with Crippen molar-refractivity contribution in [2.45, 2.75) is 23.8 Å². The average molecular weight is 477 g/mol. The third kappa shape index (κ3) is 4.32. The molecule has 0 bridgehead atoms. The first-order valence-corrected chi connectivity index (χ1v) is 11.5. The van der Waals surface area contributed by atoms with Gasteiger partial charge in [-0.2, -0.15) is 0 Å². The maximum absolute atomic E-state index is 13.3. The Balaban J connectivity index is 1.71. The van der Waals surface area contributed by atoms with Gasteiger partial charge in [-0.15, -0.1) is 10.2 Å². The molecule has 0 radical (unpaired) electrons. The van der Waals surface area contributed by atoms with Crippen molar-refractivity contribution in [3.8, 4) is 5.69 Å². The number of carbonyl (C=O) groups is 1. The van der Waals surface area contributed by atoms with Crippen LogP contribution in [-0.4, -0.2) is 34.9 Å². The number of benzene rings is 2. The SMILES string of the molecule is CC(Sc1nnc(Cc2ccccc2)n1-c1ccccc1)C(=O)c1c(N)n(C)c(=O)n(C)c1=O. The van der Waals surface area contributed by atoms with E-state index in [1.807, 2.05) is 65.2 Å². The molecular formula is C24H24N6O3S. The summed E-state index contributed by atoms with van der Waals surface area (Å²) in [4.78, 5) is 38.0. The van der Waals surface area contributed by atoms with Gasteiger partial charge in [-0.25, -0.2) is 4.79 Å². The Hall–Kier alpha value is -3.92. The van der Waals surface area contributed by atoms with Crippen LogP contribution >= 0.6 is 11.8 Å². The van der Waals surface area contributed by atoms with Crippen molar-refractivity contribution in [3.05, 3.63) is 98.5 Å². The largest absolute Gasteiger partial charge is 0.384 e. The van der Waals surface area contributed by atoms with Crippen molar-refractivity contribution in [1.82, 2.24) is 23.9 Å². The molecule has 34 heavy (non-hydrogen) atoms. The van der Waals surface area contributed by atoms with Crippen molar-refractivity contribution in [3.63, 3.8) is 0 Å². The number of nitrogens with zero attached hydrogens (tertiary/aromatic N) is 5. The predicted molar refractivity (Wildman–Crippen MR) is 132 cm³/mol. The Morgan fingerprint density at radius 3 is 2.24 bits per heavy atom. The molecule has 0 fully saturated rings. The molecule has 0 aliphatic rings. The Bertz CT molecular complexity index is 1460. The predicted octanol–water partition coefficient (Wildman–Crippen LogP) is 2.20. The summed E-state index contributed by atoms with van der Waals surface area (Å²) in [5.41, 5.74) is 6.41. The fourth-order valence-electron chi connectivity index (χ4n) is 3.61. The molecule has 0 spiro atoms. The first kappa shape index (κ1) is 23.2. The number of nitrogen functional groups attached to an aromatic ring is 1. The molecule has 2 aromatic carbocycles. The molecular weight excluding hydrogens is 452 g/mol. The molecule has 174 valence electrons. The second-order valence-corrected chi connectivity index (χ2v) is 9.13. The summed E-state index contributed by atoms with van der Waals surface area (Å²) >= 11 is 1.18. The van der Waals surface area contributed by atoms with Gasteiger partial charge >= 0.3 is 5.69 Å². The lowest BCUT2D eigenvalue weighted by molar-refractivity contribution is 0.0992. The highest BCUT2D eigenvalue weighted by Gasteiger charge is 2.27. The maximum atomic E-state index is 13.3. The zero-order valence-electron chi connectivity index (χ0n) is 19.0. The van der Waals surface area contributed by atoms with E-state index in [-0.39, 0.29) is 11.4 Å². The van der Waals surface area contributed by atoms with Crippen LogP contribution in [0.15, 0.2) is 75.4 Å². The maximum Gasteiger partial charge on any atom is 0.332 e. The lowest BCUT2D eigenvalue weighted by Gasteiger charge is -2.15. The molecule has 2 N–H and O–H groups in total. The van der Waals surface area contributed by atoms with E-state index >= 15 is 0 Å². The van der Waals surface area contributed by atoms with Crippen LogP contribution in [0.3, 0.4) is 0 Å². The summed E-state index contributed by atoms with van der Waals surface area (Å²) < 4.78 is 3.88. The highest BCUT2D eigenvalue weighted by atomic mass is 32.2. The lowest BCUT2D eigenvalue weighted by atomic mass is 10.1. The minimum atomic E-state index is -0.715. The Morgan fingerprint density at radius 2 is 1.59 bits per heavy atom. The monoisotopic (exact) mass is 476 g/mol. The van der Waals surface area contributed by atoms with Gasteiger partial charge in [-0.3, -0.25) is 23.3 Å². The van der Waals surface area contributed by atoms with Crippen LogP contribution in [0.25, 0.3) is 5.69 Å². The van der Waals surface area contributed by atoms with E-state index in [1.54, 1.807) is 6.92 Å². The molecule has 4 rings (SSSR count). The molecule has 9 nitrogen and oxygen atoms in total. The minimum absolute atomic E-state index is 0.153. The molecule has 0 aliphatic carbocycles. The average Bonchev–Trinajstić information content (AvgIpc) is 3.24. The third-order valence-corrected chi connectivity index (χ3v) is 6.57. The molecule has 2 heterocycles. The van der Waals surface area contributed by atoms with Gasteiger partial charge in [-0.05, 0) is 24.6 Å². The Morgan fingerprint density at radius 1 is 0.971 bits per heavy atom. The van der Waals surface area contributed by atoms with Crippen molar-refractivity contribution < 1.29 is 4.79 Å². The quantitative estimate of drug-likeness (QED) is 0.321. The van der Waals surface area contributed by atoms with Crippen LogP contribution in [0.1, 0.15) is 28.7 Å². The first-order chi connectivity index (χ1) is 16.3. The molecule has 1 unspecified atom stereocenters. The highest BCUT2D eigenvalue weighted by molar-refractivity contribution is 8.00. The summed E-state index contributed by atoms with van der Waals surface area (Å²) in [6, 6.07) is 19.5. The van der Waals surface area contributed by atoms with E-state index in [1.165, 1.54) is 25.9 Å². The van der Waals surface area contributed by atoms with Gasteiger partial charge in [0.1, 0.15) is 17.2 Å². The molecule has 2 aromatic heterocycles. The van der Waals surface area contributed by atoms with E-state index in [4.69, 9.17) is 5.73 Å². The van der Waals surface area contributed by atoms with Gasteiger partial charge in [0.15, 0.2) is 10.9 Å². The van der Waals surface area contributed by atoms with E-state index in [2.05, 4.69) is 10.2 Å². The van der Waals surface area contributed by atoms with Gasteiger partial charge in [0.25, 0.3) is 5.56 Å². The summed E-state index contributed by atoms with van der Waals surface area (Å²) in [7, 11) is 2.74. The smallest absolute Gasteiger partial charge is 0.332 e. The number of hydrogen-bond donors (Lipinski definition) is 1. The van der Waals surface area contributed by atoms with Crippen molar-refractivity contribution in [2.75, 3.05) is 5.73 Å². The summed E-state index contributed by atoms with van der Waals surface area (Å²) in [5.74, 6) is 0.0860. The van der Waals surface area contributed by atoms with Crippen LogP contribution in [0.4, 0.5) is 5.82 Å². The molecule has 0 saturated carbocycles. The number of aromatic nitrogens is 5. The number of carbonyl (C=O) groups excluding carboxylic acids is 1. The van der Waals surface area contributed by atoms with E-state index in [0.717, 1.165) is 26.2 Å². The molecule has 0 saturated heterocycles. The third-order valence-electron chi connectivity index (χ3n) is 5.53. The number of thioether (sulfide) groups is 1. The molecule has 1 atom stereocenters. The van der Waals surface area contributed by atoms with Gasteiger partial charge in [0.2, 0.25) is 0 Å². The standard InChI is InChI=1S/C24H24N6O3S/c1-15(20(31)19-21(25)28(2)24(33)29(3)22(19)32)34-23-27-26-18(14-16-10-6-4-7-11-16)30(23)17-12-8-5-9-13-17/h4-13,15H,14,25H2,1-3H3. The first-order valence-electron chi connectivity index (χ1n) is 10.6. The van der Waals surface area contributed by atoms with Crippen LogP contribution in [0.5, 0.6) is 0 Å². The van der Waals surface area contributed by atoms with E-state index < -0.39 is 22.3 Å². The van der Waals surface area contributed by atoms with Crippen LogP contribution in [-0.2, 0) is 20.5 Å². The second-order valence-electron chi connectivity index (χ2n) is 7.82. The number of para-hydroxylation sites is 1. The summed E-state index contributed by atoms with van der Waals surface area (Å²) in [5, 5.41) is 8.55. The van der Waals surface area contributed by atoms with Gasteiger partial charge in [-0.1, -0.05) is 60.3 Å². The number of Topliss-reactive ketones (excluding diaryl/α,β-unsaturated/α-hetero) is 1. The van der Waals surface area contributed by atoms with Gasteiger partial charge in [0.05, 0.1) is 5.25 Å². The number of rotatable bonds is 7. The van der Waals surface area contributed by atoms with Crippen molar-refractivity contribution >= 4 is 23.4 Å². The van der Waals surface area contributed by atoms with Gasteiger partial charge in [0, 0.05) is 26.2 Å². The van der Waals surface area contributed by atoms with E-state index in [9.17, 15) is 14.4 Å². The van der Waals surface area contributed by atoms with Gasteiger partial charge < -0.3 is 5.73 Å².